The number of pyridine rings is 1. The van der Waals surface area contributed by atoms with E-state index in [-0.39, 0.29) is 6.10 Å². The van der Waals surface area contributed by atoms with Crippen LogP contribution in [0.2, 0.25) is 0 Å². The highest BCUT2D eigenvalue weighted by atomic mass is 16.3. The lowest BCUT2D eigenvalue weighted by Gasteiger charge is -2.16. The van der Waals surface area contributed by atoms with E-state index in [0.29, 0.717) is 5.92 Å². The first-order chi connectivity index (χ1) is 7.13. The molecule has 0 spiro atoms. The Bertz CT molecular complexity index is 298. The lowest BCUT2D eigenvalue weighted by atomic mass is 9.95. The molecule has 2 unspecified atom stereocenters. The summed E-state index contributed by atoms with van der Waals surface area (Å²) >= 11 is 0. The summed E-state index contributed by atoms with van der Waals surface area (Å²) < 4.78 is 0. The quantitative estimate of drug-likeness (QED) is 0.804. The van der Waals surface area contributed by atoms with Crippen molar-refractivity contribution in [3.63, 3.8) is 0 Å². The second-order valence-electron chi connectivity index (χ2n) is 4.44. The molecule has 0 radical (unpaired) electrons. The standard InChI is InChI=1S/C13H21NO/c1-4-5-10(2)7-13(15)12-6-11(3)8-14-9-12/h6,8-10,13,15H,4-5,7H2,1-3H3. The molecule has 84 valence electrons. The maximum Gasteiger partial charge on any atom is 0.0807 e. The normalized spacial score (nSPS) is 14.9. The molecule has 15 heavy (non-hydrogen) atoms. The molecule has 1 aromatic rings. The number of aliphatic hydroxyl groups is 1. The van der Waals surface area contributed by atoms with Crippen LogP contribution < -0.4 is 0 Å². The molecule has 2 nitrogen and oxygen atoms in total. The molecule has 0 fully saturated rings. The molecule has 2 atom stereocenters. The Labute approximate surface area is 92.4 Å². The molecule has 1 rings (SSSR count). The molecule has 0 saturated heterocycles. The molecule has 0 aliphatic heterocycles. The van der Waals surface area contributed by atoms with Crippen LogP contribution in [-0.4, -0.2) is 10.1 Å². The smallest absolute Gasteiger partial charge is 0.0807 e. The van der Waals surface area contributed by atoms with E-state index in [1.807, 2.05) is 19.2 Å². The first kappa shape index (κ1) is 12.2. The zero-order chi connectivity index (χ0) is 11.3. The van der Waals surface area contributed by atoms with Crippen molar-refractivity contribution in [2.24, 2.45) is 5.92 Å². The number of aliphatic hydroxyl groups excluding tert-OH is 1. The molecule has 1 N–H and O–H groups in total. The minimum absolute atomic E-state index is 0.362. The molecule has 1 heterocycles. The zero-order valence-electron chi connectivity index (χ0n) is 9.90. The predicted molar refractivity (Wildman–Crippen MR) is 62.6 cm³/mol. The van der Waals surface area contributed by atoms with Crippen LogP contribution in [0.15, 0.2) is 18.5 Å². The molecule has 0 aromatic carbocycles. The third-order valence-corrected chi connectivity index (χ3v) is 2.69. The van der Waals surface area contributed by atoms with Gasteiger partial charge >= 0.3 is 0 Å². The van der Waals surface area contributed by atoms with E-state index < -0.39 is 0 Å². The summed E-state index contributed by atoms with van der Waals surface area (Å²) in [6, 6.07) is 2.01. The zero-order valence-corrected chi connectivity index (χ0v) is 9.90. The minimum Gasteiger partial charge on any atom is -0.388 e. The van der Waals surface area contributed by atoms with Crippen molar-refractivity contribution < 1.29 is 5.11 Å². The summed E-state index contributed by atoms with van der Waals surface area (Å²) in [5.41, 5.74) is 2.05. The summed E-state index contributed by atoms with van der Waals surface area (Å²) in [6.45, 7) is 6.37. The van der Waals surface area contributed by atoms with Gasteiger partial charge in [-0.25, -0.2) is 0 Å². The fraction of sp³-hybridized carbons (Fsp3) is 0.615. The summed E-state index contributed by atoms with van der Waals surface area (Å²) in [5, 5.41) is 10.0. The highest BCUT2D eigenvalue weighted by Crippen LogP contribution is 2.23. The number of nitrogens with zero attached hydrogens (tertiary/aromatic N) is 1. The lowest BCUT2D eigenvalue weighted by Crippen LogP contribution is -2.05. The van der Waals surface area contributed by atoms with Crippen molar-refractivity contribution in [2.45, 2.75) is 46.1 Å². The lowest BCUT2D eigenvalue weighted by molar-refractivity contribution is 0.144. The summed E-state index contributed by atoms with van der Waals surface area (Å²) in [5.74, 6) is 0.575. The van der Waals surface area contributed by atoms with Crippen molar-refractivity contribution in [1.82, 2.24) is 4.98 Å². The number of rotatable bonds is 5. The highest BCUT2D eigenvalue weighted by molar-refractivity contribution is 5.18. The Hall–Kier alpha value is -0.890. The average molecular weight is 207 g/mol. The minimum atomic E-state index is -0.362. The van der Waals surface area contributed by atoms with Gasteiger partial charge in [-0.2, -0.15) is 0 Å². The van der Waals surface area contributed by atoms with Crippen LogP contribution in [0.3, 0.4) is 0 Å². The summed E-state index contributed by atoms with van der Waals surface area (Å²) in [4.78, 5) is 4.10. The van der Waals surface area contributed by atoms with Gasteiger partial charge in [-0.05, 0) is 30.4 Å². The van der Waals surface area contributed by atoms with Crippen LogP contribution in [0.25, 0.3) is 0 Å². The molecule has 0 saturated carbocycles. The van der Waals surface area contributed by atoms with E-state index in [2.05, 4.69) is 18.8 Å². The molecule has 2 heteroatoms. The number of hydrogen-bond acceptors (Lipinski definition) is 2. The Morgan fingerprint density at radius 2 is 2.13 bits per heavy atom. The maximum atomic E-state index is 10.0. The van der Waals surface area contributed by atoms with Gasteiger partial charge in [0.15, 0.2) is 0 Å². The van der Waals surface area contributed by atoms with E-state index >= 15 is 0 Å². The van der Waals surface area contributed by atoms with E-state index in [0.717, 1.165) is 17.5 Å². The summed E-state index contributed by atoms with van der Waals surface area (Å²) in [6.07, 6.45) is 6.40. The van der Waals surface area contributed by atoms with Crippen molar-refractivity contribution in [3.8, 4) is 0 Å². The largest absolute Gasteiger partial charge is 0.388 e. The SMILES string of the molecule is CCCC(C)CC(O)c1cncc(C)c1. The van der Waals surface area contributed by atoms with E-state index in [4.69, 9.17) is 0 Å². The molecular formula is C13H21NO. The van der Waals surface area contributed by atoms with E-state index in [1.54, 1.807) is 6.20 Å². The van der Waals surface area contributed by atoms with Crippen molar-refractivity contribution >= 4 is 0 Å². The van der Waals surface area contributed by atoms with Crippen LogP contribution in [0, 0.1) is 12.8 Å². The van der Waals surface area contributed by atoms with Gasteiger partial charge in [0, 0.05) is 12.4 Å². The predicted octanol–water partition coefficient (Wildman–Crippen LogP) is 3.25. The van der Waals surface area contributed by atoms with Gasteiger partial charge in [-0.1, -0.05) is 32.8 Å². The Morgan fingerprint density at radius 1 is 1.40 bits per heavy atom. The van der Waals surface area contributed by atoms with Crippen molar-refractivity contribution in [1.29, 1.82) is 0 Å². The first-order valence-corrected chi connectivity index (χ1v) is 5.73. The molecule has 1 aromatic heterocycles. The fourth-order valence-corrected chi connectivity index (χ4v) is 1.89. The number of aromatic nitrogens is 1. The first-order valence-electron chi connectivity index (χ1n) is 5.73. The van der Waals surface area contributed by atoms with Crippen molar-refractivity contribution in [3.05, 3.63) is 29.6 Å². The molecule has 0 aliphatic rings. The topological polar surface area (TPSA) is 33.1 Å². The van der Waals surface area contributed by atoms with Crippen LogP contribution in [0.5, 0.6) is 0 Å². The third kappa shape index (κ3) is 4.00. The van der Waals surface area contributed by atoms with E-state index in [1.165, 1.54) is 12.8 Å². The van der Waals surface area contributed by atoms with Gasteiger partial charge in [0.2, 0.25) is 0 Å². The van der Waals surface area contributed by atoms with Crippen molar-refractivity contribution in [2.75, 3.05) is 0 Å². The van der Waals surface area contributed by atoms with Crippen LogP contribution in [0.4, 0.5) is 0 Å². The van der Waals surface area contributed by atoms with Gasteiger partial charge in [0.05, 0.1) is 6.10 Å². The average Bonchev–Trinajstić information content (AvgIpc) is 2.18. The van der Waals surface area contributed by atoms with Crippen LogP contribution in [-0.2, 0) is 0 Å². The second-order valence-corrected chi connectivity index (χ2v) is 4.44. The van der Waals surface area contributed by atoms with Gasteiger partial charge in [0.1, 0.15) is 0 Å². The molecule has 0 aliphatic carbocycles. The van der Waals surface area contributed by atoms with Crippen LogP contribution >= 0.6 is 0 Å². The molecule has 0 bridgehead atoms. The van der Waals surface area contributed by atoms with Crippen LogP contribution in [0.1, 0.15) is 50.3 Å². The second kappa shape index (κ2) is 5.86. The monoisotopic (exact) mass is 207 g/mol. The van der Waals surface area contributed by atoms with Gasteiger partial charge < -0.3 is 5.11 Å². The van der Waals surface area contributed by atoms with Gasteiger partial charge in [0.25, 0.3) is 0 Å². The highest BCUT2D eigenvalue weighted by Gasteiger charge is 2.12. The maximum absolute atomic E-state index is 10.0. The number of aryl methyl sites for hydroxylation is 1. The third-order valence-electron chi connectivity index (χ3n) is 2.69. The Morgan fingerprint density at radius 3 is 2.73 bits per heavy atom. The molecular weight excluding hydrogens is 186 g/mol. The van der Waals surface area contributed by atoms with Gasteiger partial charge in [-0.15, -0.1) is 0 Å². The van der Waals surface area contributed by atoms with Gasteiger partial charge in [-0.3, -0.25) is 4.98 Å². The summed E-state index contributed by atoms with van der Waals surface area (Å²) in [7, 11) is 0. The Balaban J connectivity index is 2.56. The fourth-order valence-electron chi connectivity index (χ4n) is 1.89. The molecule has 0 amide bonds. The number of hydrogen-bond donors (Lipinski definition) is 1. The Kier molecular flexibility index (Phi) is 4.76. The van der Waals surface area contributed by atoms with E-state index in [9.17, 15) is 5.11 Å².